The van der Waals surface area contributed by atoms with Gasteiger partial charge < -0.3 is 16.3 Å². The maximum atomic E-state index is 10.0. The molecule has 0 aromatic rings. The molecule has 0 amide bonds. The van der Waals surface area contributed by atoms with Crippen LogP contribution in [0.3, 0.4) is 0 Å². The zero-order valence-electron chi connectivity index (χ0n) is 5.59. The first-order valence-corrected chi connectivity index (χ1v) is 2.54. The van der Waals surface area contributed by atoms with Crippen LogP contribution in [0.25, 0.3) is 0 Å². The second-order valence-corrected chi connectivity index (χ2v) is 2.11. The molecule has 0 fully saturated rings. The Morgan fingerprint density at radius 3 is 1.80 bits per heavy atom. The SMILES string of the molecule is CC(C)[C@H](N)C(=O)O.O.[CaH2]. The Morgan fingerprint density at radius 2 is 1.80 bits per heavy atom. The van der Waals surface area contributed by atoms with Gasteiger partial charge in [0.15, 0.2) is 0 Å². The summed E-state index contributed by atoms with van der Waals surface area (Å²) in [5.41, 5.74) is 5.16. The van der Waals surface area contributed by atoms with Gasteiger partial charge in [0.2, 0.25) is 0 Å². The van der Waals surface area contributed by atoms with Crippen molar-refractivity contribution in [2.45, 2.75) is 19.9 Å². The van der Waals surface area contributed by atoms with Crippen molar-refractivity contribution in [2.24, 2.45) is 11.7 Å². The van der Waals surface area contributed by atoms with Gasteiger partial charge in [-0.25, -0.2) is 0 Å². The molecule has 1 atom stereocenters. The van der Waals surface area contributed by atoms with Crippen molar-refractivity contribution in [1.82, 2.24) is 0 Å². The number of aliphatic carboxylic acids is 1. The van der Waals surface area contributed by atoms with Gasteiger partial charge in [-0.05, 0) is 5.92 Å². The number of carboxylic acids is 1. The molecule has 0 aliphatic rings. The molecule has 0 rings (SSSR count). The summed E-state index contributed by atoms with van der Waals surface area (Å²) in [6, 6.07) is -0.713. The van der Waals surface area contributed by atoms with E-state index in [9.17, 15) is 4.79 Å². The Balaban J connectivity index is -0.000000245. The summed E-state index contributed by atoms with van der Waals surface area (Å²) in [5.74, 6) is -0.910. The van der Waals surface area contributed by atoms with Gasteiger partial charge in [-0.15, -0.1) is 0 Å². The van der Waals surface area contributed by atoms with E-state index < -0.39 is 12.0 Å². The summed E-state index contributed by atoms with van der Waals surface area (Å²) in [5, 5.41) is 8.23. The van der Waals surface area contributed by atoms with E-state index in [0.29, 0.717) is 0 Å². The Bertz CT molecular complexity index is 96.9. The van der Waals surface area contributed by atoms with Crippen molar-refractivity contribution in [3.05, 3.63) is 0 Å². The molecule has 0 radical (unpaired) electrons. The minimum absolute atomic E-state index is 0. The minimum atomic E-state index is -0.931. The summed E-state index contributed by atoms with van der Waals surface area (Å²) in [7, 11) is 0. The van der Waals surface area contributed by atoms with Gasteiger partial charge in [0.1, 0.15) is 6.04 Å². The number of rotatable bonds is 2. The molecule has 0 spiro atoms. The van der Waals surface area contributed by atoms with E-state index in [0.717, 1.165) is 0 Å². The first kappa shape index (κ1) is 16.9. The van der Waals surface area contributed by atoms with Gasteiger partial charge in [-0.2, -0.15) is 0 Å². The molecule has 4 nitrogen and oxygen atoms in total. The van der Waals surface area contributed by atoms with E-state index in [2.05, 4.69) is 0 Å². The fourth-order valence-electron chi connectivity index (χ4n) is 0.285. The quantitative estimate of drug-likeness (QED) is 0.493. The van der Waals surface area contributed by atoms with Crippen LogP contribution in [0, 0.1) is 5.92 Å². The van der Waals surface area contributed by atoms with Crippen LogP contribution < -0.4 is 5.73 Å². The molecule has 0 saturated carbocycles. The van der Waals surface area contributed by atoms with Gasteiger partial charge >= 0.3 is 43.7 Å². The van der Waals surface area contributed by atoms with E-state index in [1.54, 1.807) is 13.8 Å². The Hall–Kier alpha value is 0.650. The van der Waals surface area contributed by atoms with Crippen LogP contribution in [-0.4, -0.2) is 60.3 Å². The third-order valence-electron chi connectivity index (χ3n) is 1.00. The average Bonchev–Trinajstić information content (AvgIpc) is 1.64. The molecule has 0 aromatic carbocycles. The summed E-state index contributed by atoms with van der Waals surface area (Å²) < 4.78 is 0. The average molecular weight is 177 g/mol. The van der Waals surface area contributed by atoms with Crippen LogP contribution in [0.2, 0.25) is 0 Å². The zero-order chi connectivity index (χ0) is 6.73. The van der Waals surface area contributed by atoms with Crippen molar-refractivity contribution in [1.29, 1.82) is 0 Å². The molecule has 0 aromatic heterocycles. The molecule has 60 valence electrons. The summed E-state index contributed by atoms with van der Waals surface area (Å²) in [4.78, 5) is 10.0. The zero-order valence-corrected chi connectivity index (χ0v) is 5.59. The molecule has 5 N–H and O–H groups in total. The molecule has 0 unspecified atom stereocenters. The van der Waals surface area contributed by atoms with Gasteiger partial charge in [0.25, 0.3) is 0 Å². The number of hydrogen-bond donors (Lipinski definition) is 2. The summed E-state index contributed by atoms with van der Waals surface area (Å²) in [6.07, 6.45) is 0. The molecule has 5 heteroatoms. The van der Waals surface area contributed by atoms with Crippen molar-refractivity contribution >= 4 is 43.7 Å². The van der Waals surface area contributed by atoms with Crippen molar-refractivity contribution < 1.29 is 15.4 Å². The summed E-state index contributed by atoms with van der Waals surface area (Å²) >= 11 is 0. The molecule has 0 aliphatic heterocycles. The predicted octanol–water partition coefficient (Wildman–Crippen LogP) is -1.69. The normalized spacial score (nSPS) is 11.2. The standard InChI is InChI=1S/C5H11NO2.Ca.H2O.2H/c1-3(2)4(6)5(7)8;;;;/h3-4H,6H2,1-2H3,(H,7,8);;1H2;;/t4-;;;;/m0..../s1. The van der Waals surface area contributed by atoms with Gasteiger partial charge in [-0.1, -0.05) is 13.8 Å². The fraction of sp³-hybridized carbons (Fsp3) is 0.800. The Kier molecular flexibility index (Phi) is 13.1. The van der Waals surface area contributed by atoms with Crippen LogP contribution in [0.4, 0.5) is 0 Å². The molecular weight excluding hydrogens is 162 g/mol. The molecule has 0 bridgehead atoms. The van der Waals surface area contributed by atoms with Crippen LogP contribution in [-0.2, 0) is 4.79 Å². The van der Waals surface area contributed by atoms with Gasteiger partial charge in [-0.3, -0.25) is 4.79 Å². The Morgan fingerprint density at radius 1 is 1.50 bits per heavy atom. The monoisotopic (exact) mass is 177 g/mol. The van der Waals surface area contributed by atoms with Gasteiger partial charge in [0, 0.05) is 0 Å². The molecule has 0 saturated heterocycles. The van der Waals surface area contributed by atoms with Crippen molar-refractivity contribution in [3.63, 3.8) is 0 Å². The molecular formula is C5H15CaNO3. The second kappa shape index (κ2) is 7.75. The van der Waals surface area contributed by atoms with Crippen LogP contribution >= 0.6 is 0 Å². The number of carboxylic acid groups (broad SMARTS) is 1. The molecule has 0 aliphatic carbocycles. The maximum absolute atomic E-state index is 10.0. The summed E-state index contributed by atoms with van der Waals surface area (Å²) in [6.45, 7) is 3.55. The topological polar surface area (TPSA) is 94.8 Å². The van der Waals surface area contributed by atoms with Crippen LogP contribution in [0.5, 0.6) is 0 Å². The van der Waals surface area contributed by atoms with E-state index in [1.165, 1.54) is 0 Å². The van der Waals surface area contributed by atoms with Crippen LogP contribution in [0.1, 0.15) is 13.8 Å². The number of carbonyl (C=O) groups is 1. The van der Waals surface area contributed by atoms with E-state index in [4.69, 9.17) is 10.8 Å². The van der Waals surface area contributed by atoms with E-state index in [-0.39, 0.29) is 49.1 Å². The third-order valence-corrected chi connectivity index (χ3v) is 1.00. The van der Waals surface area contributed by atoms with Crippen LogP contribution in [0.15, 0.2) is 0 Å². The fourth-order valence-corrected chi connectivity index (χ4v) is 0.285. The Labute approximate surface area is 90.1 Å². The number of hydrogen-bond acceptors (Lipinski definition) is 2. The first-order chi connectivity index (χ1) is 3.55. The number of nitrogens with two attached hydrogens (primary N) is 1. The van der Waals surface area contributed by atoms with E-state index >= 15 is 0 Å². The van der Waals surface area contributed by atoms with Crippen molar-refractivity contribution in [2.75, 3.05) is 0 Å². The second-order valence-electron chi connectivity index (χ2n) is 2.11. The third kappa shape index (κ3) is 6.77. The first-order valence-electron chi connectivity index (χ1n) is 2.54. The van der Waals surface area contributed by atoms with Crippen molar-refractivity contribution in [3.8, 4) is 0 Å². The molecule has 10 heavy (non-hydrogen) atoms. The van der Waals surface area contributed by atoms with E-state index in [1.807, 2.05) is 0 Å². The predicted molar refractivity (Wildman–Crippen MR) is 42.6 cm³/mol. The molecule has 0 heterocycles. The van der Waals surface area contributed by atoms with Gasteiger partial charge in [0.05, 0.1) is 0 Å².